The van der Waals surface area contributed by atoms with Gasteiger partial charge in [0.2, 0.25) is 0 Å². The quantitative estimate of drug-likeness (QED) is 0.110. The van der Waals surface area contributed by atoms with Gasteiger partial charge in [-0.3, -0.25) is 5.26 Å². The van der Waals surface area contributed by atoms with Gasteiger partial charge >= 0.3 is 0 Å². The van der Waals surface area contributed by atoms with Gasteiger partial charge in [0.15, 0.2) is 0 Å². The highest BCUT2D eigenvalue weighted by molar-refractivity contribution is 6.53. The van der Waals surface area contributed by atoms with Crippen LogP contribution in [0.5, 0.6) is 0 Å². The predicted molar refractivity (Wildman–Crippen MR) is 133 cm³/mol. The number of hydrogen-bond acceptors (Lipinski definition) is 2. The average molecular weight is 431 g/mol. The van der Waals surface area contributed by atoms with Crippen molar-refractivity contribution < 1.29 is 10.1 Å². The lowest BCUT2D eigenvalue weighted by molar-refractivity contribution is -0.243. The number of hydrogen-bond donors (Lipinski definition) is 1. The minimum absolute atomic E-state index is 0.538. The molecule has 4 fully saturated rings. The van der Waals surface area contributed by atoms with E-state index in [1.54, 1.807) is 6.42 Å². The van der Waals surface area contributed by atoms with Crippen LogP contribution in [0.3, 0.4) is 0 Å². The Kier molecular flexibility index (Phi) is 8.88. The van der Waals surface area contributed by atoms with Crippen molar-refractivity contribution in [3.63, 3.8) is 0 Å². The second kappa shape index (κ2) is 11.4. The van der Waals surface area contributed by atoms with E-state index in [1.165, 1.54) is 84.3 Å². The Labute approximate surface area is 193 Å². The molecule has 1 saturated heterocycles. The van der Waals surface area contributed by atoms with E-state index in [2.05, 4.69) is 25.7 Å². The summed E-state index contributed by atoms with van der Waals surface area (Å²) in [6, 6.07) is 0. The fourth-order valence-electron chi connectivity index (χ4n) is 7.54. The Balaban J connectivity index is 1.07. The third-order valence-electron chi connectivity index (χ3n) is 10.5. The van der Waals surface area contributed by atoms with E-state index in [1.807, 2.05) is 0 Å². The van der Waals surface area contributed by atoms with Gasteiger partial charge in [0.1, 0.15) is 7.28 Å². The highest BCUT2D eigenvalue weighted by atomic mass is 17.1. The maximum Gasteiger partial charge on any atom is 0.126 e. The Hall–Kier alpha value is -0.0151. The fourth-order valence-corrected chi connectivity index (χ4v) is 7.54. The first-order valence-corrected chi connectivity index (χ1v) is 14.4. The van der Waals surface area contributed by atoms with Crippen molar-refractivity contribution in [1.82, 2.24) is 0 Å². The number of unbranched alkanes of at least 4 members (excludes halogenated alkanes) is 1. The van der Waals surface area contributed by atoms with Crippen molar-refractivity contribution in [2.24, 2.45) is 47.3 Å². The molecule has 31 heavy (non-hydrogen) atoms. The summed E-state index contributed by atoms with van der Waals surface area (Å²) < 4.78 is 0. The lowest BCUT2D eigenvalue weighted by Crippen LogP contribution is -2.29. The predicted octanol–water partition coefficient (Wildman–Crippen LogP) is 7.99. The Morgan fingerprint density at radius 1 is 0.871 bits per heavy atom. The number of rotatable bonds is 17. The first-order valence-electron chi connectivity index (χ1n) is 14.4. The van der Waals surface area contributed by atoms with Gasteiger partial charge < -0.3 is 0 Å². The summed E-state index contributed by atoms with van der Waals surface area (Å²) in [5.74, 6) is 10.2. The summed E-state index contributed by atoms with van der Waals surface area (Å²) >= 11 is 0. The van der Waals surface area contributed by atoms with E-state index in [4.69, 9.17) is 5.26 Å². The van der Waals surface area contributed by atoms with E-state index in [-0.39, 0.29) is 0 Å². The van der Waals surface area contributed by atoms with E-state index < -0.39 is 0 Å². The minimum atomic E-state index is 0.538. The van der Waals surface area contributed by atoms with Crippen LogP contribution in [-0.4, -0.2) is 19.1 Å². The molecule has 2 nitrogen and oxygen atoms in total. The zero-order chi connectivity index (χ0) is 21.8. The van der Waals surface area contributed by atoms with Crippen LogP contribution in [0.2, 0.25) is 11.6 Å². The first kappa shape index (κ1) is 24.1. The fraction of sp³-hybridized carbons (Fsp3) is 1.00. The van der Waals surface area contributed by atoms with E-state index in [0.29, 0.717) is 6.61 Å². The monoisotopic (exact) mass is 430 g/mol. The second-order valence-electron chi connectivity index (χ2n) is 12.5. The normalized spacial score (nSPS) is 40.0. The summed E-state index contributed by atoms with van der Waals surface area (Å²) in [5, 5.41) is 8.53. The molecule has 1 N–H and O–H groups in total. The third-order valence-corrected chi connectivity index (χ3v) is 10.5. The van der Waals surface area contributed by atoms with E-state index >= 15 is 0 Å². The molecule has 0 aromatic heterocycles. The van der Waals surface area contributed by atoms with E-state index in [9.17, 15) is 0 Å². The first-order chi connectivity index (χ1) is 15.1. The standard InChI is InChI=1S/C28H51BO2/c1-4-20(19(3)8-6-7-9-22-15-21(22)5-2)14-23-10-11-24(23)17-27-28(29-27)18-26-16-25(26)12-13-31-30/h19-30H,4-18H2,1-3H3. The molecule has 0 radical (unpaired) electrons. The molecule has 178 valence electrons. The van der Waals surface area contributed by atoms with Crippen molar-refractivity contribution in [1.29, 1.82) is 0 Å². The zero-order valence-corrected chi connectivity index (χ0v) is 20.9. The molecule has 4 rings (SSSR count). The van der Waals surface area contributed by atoms with Gasteiger partial charge in [0, 0.05) is 0 Å². The molecule has 0 spiro atoms. The van der Waals surface area contributed by atoms with Gasteiger partial charge in [0.05, 0.1) is 6.61 Å². The molecule has 0 bridgehead atoms. The van der Waals surface area contributed by atoms with Crippen LogP contribution in [0.25, 0.3) is 0 Å². The van der Waals surface area contributed by atoms with Crippen molar-refractivity contribution in [2.45, 2.75) is 122 Å². The molecular weight excluding hydrogens is 379 g/mol. The summed E-state index contributed by atoms with van der Waals surface area (Å²) in [6.45, 7) is 7.93. The van der Waals surface area contributed by atoms with Crippen LogP contribution < -0.4 is 0 Å². The van der Waals surface area contributed by atoms with Gasteiger partial charge in [-0.05, 0) is 85.9 Å². The molecule has 0 aromatic carbocycles. The molecule has 3 saturated carbocycles. The Morgan fingerprint density at radius 2 is 1.58 bits per heavy atom. The molecule has 3 heteroatoms. The van der Waals surface area contributed by atoms with Crippen molar-refractivity contribution >= 4 is 7.28 Å². The third kappa shape index (κ3) is 6.98. The van der Waals surface area contributed by atoms with Gasteiger partial charge in [-0.25, -0.2) is 4.89 Å². The maximum atomic E-state index is 8.53. The Bertz CT molecular complexity index is 539. The van der Waals surface area contributed by atoms with Crippen molar-refractivity contribution in [2.75, 3.05) is 6.61 Å². The molecule has 10 atom stereocenters. The lowest BCUT2D eigenvalue weighted by Gasteiger charge is -2.40. The lowest BCUT2D eigenvalue weighted by atomic mass is 9.65. The highest BCUT2D eigenvalue weighted by Gasteiger charge is 2.48. The average Bonchev–Trinajstić information content (AvgIpc) is 3.66. The molecule has 10 unspecified atom stereocenters. The van der Waals surface area contributed by atoms with Crippen LogP contribution in [0.4, 0.5) is 0 Å². The molecule has 1 aliphatic heterocycles. The zero-order valence-electron chi connectivity index (χ0n) is 20.9. The molecule has 4 aliphatic rings. The smallest absolute Gasteiger partial charge is 0.126 e. The molecule has 0 amide bonds. The summed E-state index contributed by atoms with van der Waals surface area (Å²) in [5.41, 5.74) is 0. The second-order valence-corrected chi connectivity index (χ2v) is 12.5. The minimum Gasteiger partial charge on any atom is -0.252 e. The van der Waals surface area contributed by atoms with Crippen molar-refractivity contribution in [3.8, 4) is 0 Å². The van der Waals surface area contributed by atoms with Gasteiger partial charge in [0.25, 0.3) is 0 Å². The molecular formula is C28H51BO2. The van der Waals surface area contributed by atoms with E-state index in [0.717, 1.165) is 65.4 Å². The van der Waals surface area contributed by atoms with Crippen molar-refractivity contribution in [3.05, 3.63) is 0 Å². The molecule has 3 aliphatic carbocycles. The summed E-state index contributed by atoms with van der Waals surface area (Å²) in [7, 11) is 1.52. The maximum absolute atomic E-state index is 8.53. The van der Waals surface area contributed by atoms with Crippen LogP contribution in [0.15, 0.2) is 0 Å². The SMILES string of the molecule is CCC(CC1CCC1CC1BC1CC1CC1CCOO)C(C)CCCCC1CC1CC. The molecule has 1 heterocycles. The van der Waals surface area contributed by atoms with Gasteiger partial charge in [-0.15, -0.1) is 0 Å². The Morgan fingerprint density at radius 3 is 2.23 bits per heavy atom. The largest absolute Gasteiger partial charge is 0.252 e. The van der Waals surface area contributed by atoms with Crippen LogP contribution in [-0.2, 0) is 4.89 Å². The van der Waals surface area contributed by atoms with Crippen LogP contribution >= 0.6 is 0 Å². The molecule has 0 aromatic rings. The van der Waals surface area contributed by atoms with Crippen LogP contribution in [0.1, 0.15) is 111 Å². The summed E-state index contributed by atoms with van der Waals surface area (Å²) in [6.07, 6.45) is 20.4. The van der Waals surface area contributed by atoms with Gasteiger partial charge in [-0.1, -0.05) is 83.8 Å². The topological polar surface area (TPSA) is 29.5 Å². The summed E-state index contributed by atoms with van der Waals surface area (Å²) in [4.78, 5) is 4.27. The highest BCUT2D eigenvalue weighted by Crippen LogP contribution is 2.59. The van der Waals surface area contributed by atoms with Crippen LogP contribution in [0, 0.1) is 47.3 Å². The van der Waals surface area contributed by atoms with Gasteiger partial charge in [-0.2, -0.15) is 0 Å².